The summed E-state index contributed by atoms with van der Waals surface area (Å²) in [7, 11) is 0. The van der Waals surface area contributed by atoms with Crippen LogP contribution in [0.5, 0.6) is 0 Å². The standard InChI is InChI=1S/C14H8BrNOS/c15-13-7-9(8-18-13)14(17)11-3-1-5-12-10(11)4-2-6-16-12/h1-8H. The van der Waals surface area contributed by atoms with Crippen LogP contribution in [-0.2, 0) is 0 Å². The van der Waals surface area contributed by atoms with Crippen molar-refractivity contribution in [1.29, 1.82) is 0 Å². The third-order valence-electron chi connectivity index (χ3n) is 2.72. The summed E-state index contributed by atoms with van der Waals surface area (Å²) < 4.78 is 0.962. The molecule has 0 aliphatic rings. The highest BCUT2D eigenvalue weighted by Gasteiger charge is 2.13. The molecule has 18 heavy (non-hydrogen) atoms. The second-order valence-electron chi connectivity index (χ2n) is 3.84. The lowest BCUT2D eigenvalue weighted by Gasteiger charge is -2.03. The van der Waals surface area contributed by atoms with E-state index in [1.807, 2.05) is 41.8 Å². The maximum Gasteiger partial charge on any atom is 0.194 e. The number of rotatable bonds is 2. The Labute approximate surface area is 116 Å². The Kier molecular flexibility index (Phi) is 2.97. The van der Waals surface area contributed by atoms with Gasteiger partial charge < -0.3 is 0 Å². The zero-order valence-corrected chi connectivity index (χ0v) is 11.7. The first-order valence-corrected chi connectivity index (χ1v) is 7.05. The zero-order valence-electron chi connectivity index (χ0n) is 9.26. The van der Waals surface area contributed by atoms with E-state index in [0.717, 1.165) is 14.7 Å². The number of ketones is 1. The number of hydrogen-bond donors (Lipinski definition) is 0. The Bertz CT molecular complexity index is 730. The number of benzene rings is 1. The van der Waals surface area contributed by atoms with E-state index in [1.54, 1.807) is 6.20 Å². The minimum absolute atomic E-state index is 0.0375. The van der Waals surface area contributed by atoms with Crippen molar-refractivity contribution in [3.63, 3.8) is 0 Å². The van der Waals surface area contributed by atoms with Crippen LogP contribution in [-0.4, -0.2) is 10.8 Å². The van der Waals surface area contributed by atoms with Gasteiger partial charge in [-0.25, -0.2) is 0 Å². The zero-order chi connectivity index (χ0) is 12.5. The number of nitrogens with zero attached hydrogens (tertiary/aromatic N) is 1. The first-order chi connectivity index (χ1) is 8.75. The van der Waals surface area contributed by atoms with Gasteiger partial charge in [0.25, 0.3) is 0 Å². The Morgan fingerprint density at radius 2 is 2.11 bits per heavy atom. The third kappa shape index (κ3) is 1.98. The number of halogens is 1. The second-order valence-corrected chi connectivity index (χ2v) is 6.13. The van der Waals surface area contributed by atoms with Gasteiger partial charge in [0.1, 0.15) is 0 Å². The van der Waals surface area contributed by atoms with E-state index in [0.29, 0.717) is 11.1 Å². The van der Waals surface area contributed by atoms with Gasteiger partial charge in [-0.3, -0.25) is 9.78 Å². The molecule has 0 atom stereocenters. The lowest BCUT2D eigenvalue weighted by atomic mass is 10.0. The van der Waals surface area contributed by atoms with E-state index in [4.69, 9.17) is 0 Å². The fourth-order valence-corrected chi connectivity index (χ4v) is 3.02. The van der Waals surface area contributed by atoms with Crippen molar-refractivity contribution in [2.24, 2.45) is 0 Å². The predicted octanol–water partition coefficient (Wildman–Crippen LogP) is 4.29. The molecule has 3 rings (SSSR count). The minimum Gasteiger partial charge on any atom is -0.289 e. The van der Waals surface area contributed by atoms with Gasteiger partial charge in [0.15, 0.2) is 5.78 Å². The monoisotopic (exact) mass is 317 g/mol. The number of thiophene rings is 1. The van der Waals surface area contributed by atoms with Crippen LogP contribution in [0.15, 0.2) is 51.8 Å². The molecule has 1 aromatic carbocycles. The molecule has 0 fully saturated rings. The van der Waals surface area contributed by atoms with Crippen molar-refractivity contribution in [2.45, 2.75) is 0 Å². The topological polar surface area (TPSA) is 30.0 Å². The van der Waals surface area contributed by atoms with Crippen LogP contribution >= 0.6 is 27.3 Å². The molecule has 0 N–H and O–H groups in total. The van der Waals surface area contributed by atoms with Crippen molar-refractivity contribution >= 4 is 44.0 Å². The lowest BCUT2D eigenvalue weighted by molar-refractivity contribution is 0.104. The number of hydrogen-bond acceptors (Lipinski definition) is 3. The van der Waals surface area contributed by atoms with E-state index < -0.39 is 0 Å². The Morgan fingerprint density at radius 3 is 2.89 bits per heavy atom. The number of pyridine rings is 1. The van der Waals surface area contributed by atoms with E-state index in [9.17, 15) is 4.79 Å². The third-order valence-corrected chi connectivity index (χ3v) is 4.22. The highest BCUT2D eigenvalue weighted by Crippen LogP contribution is 2.25. The minimum atomic E-state index is 0.0375. The molecule has 0 aliphatic heterocycles. The average molecular weight is 318 g/mol. The molecule has 0 saturated heterocycles. The van der Waals surface area contributed by atoms with Crippen LogP contribution in [0.1, 0.15) is 15.9 Å². The molecule has 0 aliphatic carbocycles. The van der Waals surface area contributed by atoms with Crippen molar-refractivity contribution in [3.05, 3.63) is 62.9 Å². The van der Waals surface area contributed by atoms with Gasteiger partial charge in [0.2, 0.25) is 0 Å². The molecule has 0 amide bonds. The molecule has 88 valence electrons. The molecule has 0 radical (unpaired) electrons. The van der Waals surface area contributed by atoms with Crippen LogP contribution < -0.4 is 0 Å². The van der Waals surface area contributed by atoms with Crippen LogP contribution in [0.25, 0.3) is 10.9 Å². The fraction of sp³-hybridized carbons (Fsp3) is 0. The SMILES string of the molecule is O=C(c1csc(Br)c1)c1cccc2ncccc12. The summed E-state index contributed by atoms with van der Waals surface area (Å²) >= 11 is 4.89. The van der Waals surface area contributed by atoms with Gasteiger partial charge in [-0.2, -0.15) is 0 Å². The number of fused-ring (bicyclic) bond motifs is 1. The number of carbonyl (C=O) groups excluding carboxylic acids is 1. The molecule has 4 heteroatoms. The van der Waals surface area contributed by atoms with Crippen molar-refractivity contribution in [3.8, 4) is 0 Å². The first-order valence-electron chi connectivity index (χ1n) is 5.38. The largest absolute Gasteiger partial charge is 0.289 e. The van der Waals surface area contributed by atoms with Crippen LogP contribution in [0, 0.1) is 0 Å². The van der Waals surface area contributed by atoms with Crippen molar-refractivity contribution < 1.29 is 4.79 Å². The summed E-state index contributed by atoms with van der Waals surface area (Å²) in [5.41, 5.74) is 2.26. The van der Waals surface area contributed by atoms with Crippen molar-refractivity contribution in [1.82, 2.24) is 4.98 Å². The Hall–Kier alpha value is -1.52. The highest BCUT2D eigenvalue weighted by atomic mass is 79.9. The fourth-order valence-electron chi connectivity index (χ4n) is 1.89. The molecule has 0 spiro atoms. The molecule has 2 nitrogen and oxygen atoms in total. The molecular weight excluding hydrogens is 310 g/mol. The molecule has 2 aromatic heterocycles. The highest BCUT2D eigenvalue weighted by molar-refractivity contribution is 9.11. The number of carbonyl (C=O) groups is 1. The first kappa shape index (κ1) is 11.6. The summed E-state index contributed by atoms with van der Waals surface area (Å²) in [6, 6.07) is 11.2. The molecule has 3 aromatic rings. The number of aromatic nitrogens is 1. The molecule has 2 heterocycles. The van der Waals surface area contributed by atoms with Crippen LogP contribution in [0.2, 0.25) is 0 Å². The summed E-state index contributed by atoms with van der Waals surface area (Å²) in [6.07, 6.45) is 1.73. The summed E-state index contributed by atoms with van der Waals surface area (Å²) in [6.45, 7) is 0. The average Bonchev–Trinajstić information content (AvgIpc) is 2.84. The molecule has 0 saturated carbocycles. The molecular formula is C14H8BrNOS. The summed E-state index contributed by atoms with van der Waals surface area (Å²) in [5, 5.41) is 2.76. The summed E-state index contributed by atoms with van der Waals surface area (Å²) in [5.74, 6) is 0.0375. The van der Waals surface area contributed by atoms with Gasteiger partial charge >= 0.3 is 0 Å². The Balaban J connectivity index is 2.17. The summed E-state index contributed by atoms with van der Waals surface area (Å²) in [4.78, 5) is 16.7. The second kappa shape index (κ2) is 4.63. The predicted molar refractivity (Wildman–Crippen MR) is 77.2 cm³/mol. The van der Waals surface area contributed by atoms with E-state index in [-0.39, 0.29) is 5.78 Å². The van der Waals surface area contributed by atoms with Gasteiger partial charge in [-0.15, -0.1) is 11.3 Å². The van der Waals surface area contributed by atoms with Crippen molar-refractivity contribution in [2.75, 3.05) is 0 Å². The van der Waals surface area contributed by atoms with E-state index >= 15 is 0 Å². The smallest absolute Gasteiger partial charge is 0.194 e. The molecule has 0 bridgehead atoms. The van der Waals surface area contributed by atoms with Gasteiger partial charge in [-0.05, 0) is 34.1 Å². The van der Waals surface area contributed by atoms with E-state index in [2.05, 4.69) is 20.9 Å². The van der Waals surface area contributed by atoms with Crippen LogP contribution in [0.4, 0.5) is 0 Å². The maximum atomic E-state index is 12.4. The van der Waals surface area contributed by atoms with Gasteiger partial charge in [-0.1, -0.05) is 18.2 Å². The normalized spacial score (nSPS) is 10.7. The van der Waals surface area contributed by atoms with Gasteiger partial charge in [0.05, 0.1) is 9.30 Å². The Morgan fingerprint density at radius 1 is 1.22 bits per heavy atom. The maximum absolute atomic E-state index is 12.4. The van der Waals surface area contributed by atoms with E-state index in [1.165, 1.54) is 11.3 Å². The quantitative estimate of drug-likeness (QED) is 0.660. The molecule has 0 unspecified atom stereocenters. The lowest BCUT2D eigenvalue weighted by Crippen LogP contribution is -2.00. The van der Waals surface area contributed by atoms with Gasteiger partial charge in [0, 0.05) is 28.1 Å². The van der Waals surface area contributed by atoms with Crippen LogP contribution in [0.3, 0.4) is 0 Å².